The van der Waals surface area contributed by atoms with Crippen LogP contribution in [-0.2, 0) is 19.0 Å². The molecule has 4 heterocycles. The number of aliphatic hydroxyl groups is 1. The largest absolute Gasteiger partial charge is 0.482 e. The Labute approximate surface area is 281 Å². The summed E-state index contributed by atoms with van der Waals surface area (Å²) in [6, 6.07) is 15.2. The van der Waals surface area contributed by atoms with Gasteiger partial charge in [-0.2, -0.15) is 0 Å². The molecule has 2 unspecified atom stereocenters. The lowest BCUT2D eigenvalue weighted by atomic mass is 9.42. The molecule has 1 N–H and O–H groups in total. The van der Waals surface area contributed by atoms with Gasteiger partial charge in [-0.1, -0.05) is 63.4 Å². The number of aromatic nitrogens is 1. The molecular formula is C39H45NO8. The number of pyridine rings is 1. The molecule has 1 saturated heterocycles. The second-order valence-electron chi connectivity index (χ2n) is 15.4. The Morgan fingerprint density at radius 2 is 1.79 bits per heavy atom. The van der Waals surface area contributed by atoms with E-state index in [0.29, 0.717) is 24.4 Å². The summed E-state index contributed by atoms with van der Waals surface area (Å²) in [6.45, 7) is 6.82. The molecule has 8 rings (SSSR count). The van der Waals surface area contributed by atoms with Crippen LogP contribution >= 0.6 is 0 Å². The number of hydrogen-bond acceptors (Lipinski definition) is 9. The minimum Gasteiger partial charge on any atom is -0.482 e. The van der Waals surface area contributed by atoms with Crippen LogP contribution in [0.5, 0.6) is 5.75 Å². The summed E-state index contributed by atoms with van der Waals surface area (Å²) in [7, 11) is 0. The van der Waals surface area contributed by atoms with Crippen LogP contribution in [0.2, 0.25) is 0 Å². The minimum atomic E-state index is -1.20. The third kappa shape index (κ3) is 4.95. The van der Waals surface area contributed by atoms with Crippen LogP contribution in [0.4, 0.5) is 0 Å². The van der Waals surface area contributed by atoms with Crippen molar-refractivity contribution in [2.75, 3.05) is 6.61 Å². The van der Waals surface area contributed by atoms with Gasteiger partial charge >= 0.3 is 11.6 Å². The summed E-state index contributed by atoms with van der Waals surface area (Å²) in [5.74, 6) is -0.432. The maximum atomic E-state index is 13.8. The van der Waals surface area contributed by atoms with Gasteiger partial charge in [-0.25, -0.2) is 4.79 Å². The zero-order valence-corrected chi connectivity index (χ0v) is 27.9. The molecule has 2 aliphatic heterocycles. The van der Waals surface area contributed by atoms with Gasteiger partial charge in [-0.3, -0.25) is 9.78 Å². The van der Waals surface area contributed by atoms with Gasteiger partial charge in [0, 0.05) is 40.9 Å². The van der Waals surface area contributed by atoms with Crippen LogP contribution in [0.15, 0.2) is 70.1 Å². The number of nitrogens with zero attached hydrogens (tertiary/aromatic N) is 1. The van der Waals surface area contributed by atoms with Crippen molar-refractivity contribution in [2.24, 2.45) is 28.6 Å². The number of hydrogen-bond donors (Lipinski definition) is 1. The van der Waals surface area contributed by atoms with Crippen LogP contribution in [-0.4, -0.2) is 40.5 Å². The zero-order valence-electron chi connectivity index (χ0n) is 27.9. The summed E-state index contributed by atoms with van der Waals surface area (Å²) in [4.78, 5) is 31.7. The van der Waals surface area contributed by atoms with Gasteiger partial charge in [0.15, 0.2) is 6.29 Å². The van der Waals surface area contributed by atoms with Crippen molar-refractivity contribution in [3.05, 3.63) is 82.5 Å². The van der Waals surface area contributed by atoms with Crippen molar-refractivity contribution < 1.29 is 33.3 Å². The molecule has 48 heavy (non-hydrogen) atoms. The van der Waals surface area contributed by atoms with E-state index in [2.05, 4.69) is 18.8 Å². The summed E-state index contributed by atoms with van der Waals surface area (Å²) in [5.41, 5.74) is -0.997. The van der Waals surface area contributed by atoms with Gasteiger partial charge in [0.1, 0.15) is 28.8 Å². The fourth-order valence-corrected chi connectivity index (χ4v) is 10.2. The second kappa shape index (κ2) is 11.8. The standard InChI is InChI=1S/C39H45NO8/c1-37-17-16-29-38(2,22-44-36(47-29)24-13-8-5-9-14-24)28(37)20-30(46-34(42)23-11-6-4-7-12-23)39(3)33(37)32(41)31-27(48-39)19-26(45-35(31)43)25-15-10-18-40-21-25/h5,8-10,13-15,18-19,21,23,28-30,32-33,36,41H,4,6-7,11-12,16-17,20,22H2,1-3H3/t28?,29-,30-,32-,33?,36+,37-,38-,39+/m0/s1. The van der Waals surface area contributed by atoms with E-state index in [1.54, 1.807) is 30.6 Å². The summed E-state index contributed by atoms with van der Waals surface area (Å²) in [6.07, 6.45) is 7.62. The van der Waals surface area contributed by atoms with E-state index in [0.717, 1.165) is 50.5 Å². The topological polar surface area (TPSA) is 117 Å². The first kappa shape index (κ1) is 31.7. The number of benzene rings is 1. The van der Waals surface area contributed by atoms with E-state index in [1.165, 1.54) is 0 Å². The number of carbonyl (C=O) groups excluding carboxylic acids is 1. The second-order valence-corrected chi connectivity index (χ2v) is 15.4. The van der Waals surface area contributed by atoms with Gasteiger partial charge in [-0.05, 0) is 62.5 Å². The molecule has 254 valence electrons. The molecule has 4 fully saturated rings. The van der Waals surface area contributed by atoms with Gasteiger partial charge in [0.25, 0.3) is 0 Å². The van der Waals surface area contributed by atoms with Crippen molar-refractivity contribution in [2.45, 2.75) is 102 Å². The number of fused-ring (bicyclic) bond motifs is 6. The molecule has 2 aromatic heterocycles. The van der Waals surface area contributed by atoms with Crippen LogP contribution in [0.3, 0.4) is 0 Å². The van der Waals surface area contributed by atoms with Gasteiger partial charge in [0.05, 0.1) is 24.7 Å². The number of rotatable bonds is 4. The van der Waals surface area contributed by atoms with E-state index in [9.17, 15) is 14.7 Å². The molecule has 9 nitrogen and oxygen atoms in total. The van der Waals surface area contributed by atoms with Crippen LogP contribution < -0.4 is 10.4 Å². The van der Waals surface area contributed by atoms with Crippen molar-refractivity contribution in [1.29, 1.82) is 0 Å². The van der Waals surface area contributed by atoms with Gasteiger partial charge in [-0.15, -0.1) is 0 Å². The fourth-order valence-electron chi connectivity index (χ4n) is 10.2. The van der Waals surface area contributed by atoms with E-state index < -0.39 is 46.5 Å². The normalized spacial score (nSPS) is 37.6. The minimum absolute atomic E-state index is 0.0655. The predicted octanol–water partition coefficient (Wildman–Crippen LogP) is 6.94. The average Bonchev–Trinajstić information content (AvgIpc) is 3.09. The van der Waals surface area contributed by atoms with Crippen molar-refractivity contribution >= 4 is 5.97 Å². The Balaban J connectivity index is 1.20. The Morgan fingerprint density at radius 3 is 2.54 bits per heavy atom. The molecule has 0 spiro atoms. The first-order chi connectivity index (χ1) is 23.1. The highest BCUT2D eigenvalue weighted by Crippen LogP contribution is 2.68. The molecule has 3 aromatic rings. The van der Waals surface area contributed by atoms with Crippen molar-refractivity contribution in [1.82, 2.24) is 4.98 Å². The van der Waals surface area contributed by atoms with E-state index in [-0.39, 0.29) is 35.2 Å². The fraction of sp³-hybridized carbons (Fsp3) is 0.564. The Hall–Kier alpha value is -3.53. The SMILES string of the molecule is C[C@]12CC[C@@H]3O[C@H](c4ccccc4)OC[C@@]3(C)C1C[C@H](OC(=O)C1CCCCC1)[C@@]1(C)Oc3cc(-c4cccnc4)oc(=O)c3[C@H](O)C21. The molecule has 1 aromatic carbocycles. The molecule has 9 heteroatoms. The first-order valence-electron chi connectivity index (χ1n) is 17.6. The lowest BCUT2D eigenvalue weighted by Crippen LogP contribution is -2.72. The molecule has 3 aliphatic carbocycles. The average molecular weight is 656 g/mol. The third-order valence-corrected chi connectivity index (χ3v) is 12.6. The highest BCUT2D eigenvalue weighted by molar-refractivity contribution is 5.73. The van der Waals surface area contributed by atoms with Crippen LogP contribution in [0.25, 0.3) is 11.3 Å². The quantitative estimate of drug-likeness (QED) is 0.299. The highest BCUT2D eigenvalue weighted by atomic mass is 16.7. The molecule has 0 radical (unpaired) electrons. The highest BCUT2D eigenvalue weighted by Gasteiger charge is 2.71. The summed E-state index contributed by atoms with van der Waals surface area (Å²) >= 11 is 0. The number of aliphatic hydroxyl groups excluding tert-OH is 1. The monoisotopic (exact) mass is 655 g/mol. The Morgan fingerprint density at radius 1 is 1.00 bits per heavy atom. The molecule has 9 atom stereocenters. The van der Waals surface area contributed by atoms with E-state index >= 15 is 0 Å². The first-order valence-corrected chi connectivity index (χ1v) is 17.6. The Bertz CT molecular complexity index is 1720. The molecule has 0 bridgehead atoms. The smallest absolute Gasteiger partial charge is 0.345 e. The van der Waals surface area contributed by atoms with Gasteiger partial charge < -0.3 is 28.5 Å². The van der Waals surface area contributed by atoms with Crippen LogP contribution in [0.1, 0.15) is 95.7 Å². The van der Waals surface area contributed by atoms with Gasteiger partial charge in [0.2, 0.25) is 0 Å². The lowest BCUT2D eigenvalue weighted by molar-refractivity contribution is -0.331. The number of carbonyl (C=O) groups is 1. The lowest BCUT2D eigenvalue weighted by Gasteiger charge is -2.67. The summed E-state index contributed by atoms with van der Waals surface area (Å²) < 4.78 is 32.4. The predicted molar refractivity (Wildman–Crippen MR) is 176 cm³/mol. The molecular weight excluding hydrogens is 610 g/mol. The Kier molecular flexibility index (Phi) is 7.81. The number of ether oxygens (including phenoxy) is 4. The maximum Gasteiger partial charge on any atom is 0.345 e. The molecule has 0 amide bonds. The molecule has 3 saturated carbocycles. The van der Waals surface area contributed by atoms with Crippen molar-refractivity contribution in [3.63, 3.8) is 0 Å². The maximum absolute atomic E-state index is 13.8. The molecule has 5 aliphatic rings. The van der Waals surface area contributed by atoms with E-state index in [1.807, 2.05) is 37.3 Å². The third-order valence-electron chi connectivity index (χ3n) is 12.6. The summed E-state index contributed by atoms with van der Waals surface area (Å²) in [5, 5.41) is 12.4. The number of esters is 1. The van der Waals surface area contributed by atoms with E-state index in [4.69, 9.17) is 23.4 Å². The zero-order chi connectivity index (χ0) is 33.3. The van der Waals surface area contributed by atoms with Crippen LogP contribution in [0, 0.1) is 28.6 Å². The van der Waals surface area contributed by atoms with Crippen molar-refractivity contribution in [3.8, 4) is 17.1 Å².